The van der Waals surface area contributed by atoms with Crippen LogP contribution < -0.4 is 0 Å². The molecule has 90 valence electrons. The zero-order valence-electron chi connectivity index (χ0n) is 8.79. The Labute approximate surface area is 91.6 Å². The van der Waals surface area contributed by atoms with Gasteiger partial charge in [-0.25, -0.2) is 0 Å². The van der Waals surface area contributed by atoms with Crippen molar-refractivity contribution in [3.8, 4) is 0 Å². The summed E-state index contributed by atoms with van der Waals surface area (Å²) >= 11 is 0. The molecule has 0 aromatic rings. The van der Waals surface area contributed by atoms with Gasteiger partial charge in [0.05, 0.1) is 11.8 Å². The number of hydrogen-bond acceptors (Lipinski definition) is 3. The van der Waals surface area contributed by atoms with Crippen molar-refractivity contribution < 1.29 is 27.3 Å². The Morgan fingerprint density at radius 2 is 1.62 bits per heavy atom. The number of carbonyl (C=O) groups excluding carboxylic acids is 2. The molecule has 1 aliphatic heterocycles. The Morgan fingerprint density at radius 1 is 1.12 bits per heavy atom. The van der Waals surface area contributed by atoms with Crippen molar-refractivity contribution in [2.75, 3.05) is 0 Å². The van der Waals surface area contributed by atoms with Crippen molar-refractivity contribution in [1.29, 1.82) is 0 Å². The summed E-state index contributed by atoms with van der Waals surface area (Å²) in [5.74, 6) is -0.270. The molecule has 0 radical (unpaired) electrons. The highest BCUT2D eigenvalue weighted by Gasteiger charge is 2.46. The Kier molecular flexibility index (Phi) is 4.38. The Balaban J connectivity index is 0.000000280. The second kappa shape index (κ2) is 5.36. The maximum atomic E-state index is 11.1. The van der Waals surface area contributed by atoms with Crippen molar-refractivity contribution in [2.24, 2.45) is 17.8 Å². The van der Waals surface area contributed by atoms with Gasteiger partial charge in [0.2, 0.25) is 0 Å². The number of fused-ring (bicyclic) bond motifs is 1. The van der Waals surface area contributed by atoms with E-state index in [2.05, 4.69) is 11.7 Å². The average molecular weight is 236 g/mol. The van der Waals surface area contributed by atoms with E-state index in [9.17, 15) is 22.5 Å². The van der Waals surface area contributed by atoms with Gasteiger partial charge >= 0.3 is 19.5 Å². The third-order valence-electron chi connectivity index (χ3n) is 2.92. The van der Waals surface area contributed by atoms with Crippen LogP contribution in [0.3, 0.4) is 0 Å². The molecule has 0 aromatic carbocycles. The fourth-order valence-corrected chi connectivity index (χ4v) is 2.17. The summed E-state index contributed by atoms with van der Waals surface area (Å²) in [4.78, 5) is 22.2. The number of ether oxygens (including phenoxy) is 1. The topological polar surface area (TPSA) is 43.4 Å². The Morgan fingerprint density at radius 3 is 2.19 bits per heavy atom. The van der Waals surface area contributed by atoms with E-state index in [1.54, 1.807) is 0 Å². The third kappa shape index (κ3) is 3.25. The van der Waals surface area contributed by atoms with Gasteiger partial charge in [0.1, 0.15) is 0 Å². The second-order valence-corrected chi connectivity index (χ2v) is 4.12. The van der Waals surface area contributed by atoms with Gasteiger partial charge in [-0.1, -0.05) is 6.92 Å². The van der Waals surface area contributed by atoms with Crippen molar-refractivity contribution in [2.45, 2.75) is 26.2 Å². The van der Waals surface area contributed by atoms with Crippen LogP contribution in [0.4, 0.5) is 12.9 Å². The molecule has 16 heavy (non-hydrogen) atoms. The van der Waals surface area contributed by atoms with E-state index in [-0.39, 0.29) is 23.8 Å². The lowest BCUT2D eigenvalue weighted by Gasteiger charge is -2.24. The highest BCUT2D eigenvalue weighted by molar-refractivity contribution is 6.33. The number of cyclic esters (lactones) is 2. The molecular formula is C9H12BF3O3. The summed E-state index contributed by atoms with van der Waals surface area (Å²) < 4.78 is 33.6. The summed E-state index contributed by atoms with van der Waals surface area (Å²) in [7, 11) is -3.67. The van der Waals surface area contributed by atoms with Crippen molar-refractivity contribution in [3.63, 3.8) is 0 Å². The zero-order chi connectivity index (χ0) is 12.3. The molecule has 3 unspecified atom stereocenters. The second-order valence-electron chi connectivity index (χ2n) is 4.12. The Bertz CT molecular complexity index is 282. The minimum atomic E-state index is -3.67. The van der Waals surface area contributed by atoms with Gasteiger partial charge in [0, 0.05) is 0 Å². The SMILES string of the molecule is CC1CCC2C(=O)OC(=O)C2C1.FB(F)F. The Hall–Kier alpha value is -1.01. The first-order chi connectivity index (χ1) is 7.41. The lowest BCUT2D eigenvalue weighted by Crippen LogP contribution is -2.25. The highest BCUT2D eigenvalue weighted by Crippen LogP contribution is 2.38. The molecule has 1 aliphatic carbocycles. The highest BCUT2D eigenvalue weighted by atomic mass is 19.4. The van der Waals surface area contributed by atoms with Gasteiger partial charge in [0.25, 0.3) is 0 Å². The molecule has 0 aromatic heterocycles. The molecule has 1 saturated carbocycles. The lowest BCUT2D eigenvalue weighted by molar-refractivity contribution is -0.153. The number of halogens is 3. The van der Waals surface area contributed by atoms with E-state index in [0.29, 0.717) is 5.92 Å². The molecule has 0 N–H and O–H groups in total. The monoisotopic (exact) mass is 236 g/mol. The van der Waals surface area contributed by atoms with Crippen LogP contribution in [0.2, 0.25) is 0 Å². The zero-order valence-corrected chi connectivity index (χ0v) is 8.79. The third-order valence-corrected chi connectivity index (χ3v) is 2.92. The van der Waals surface area contributed by atoms with Crippen LogP contribution in [0.25, 0.3) is 0 Å². The fraction of sp³-hybridized carbons (Fsp3) is 0.778. The largest absolute Gasteiger partial charge is 0.762 e. The molecule has 7 heteroatoms. The molecule has 0 amide bonds. The molecule has 3 nitrogen and oxygen atoms in total. The lowest BCUT2D eigenvalue weighted by atomic mass is 9.76. The summed E-state index contributed by atoms with van der Waals surface area (Å²) in [6, 6.07) is 0. The average Bonchev–Trinajstić information content (AvgIpc) is 2.41. The predicted octanol–water partition coefficient (Wildman–Crippen LogP) is 2.00. The molecule has 1 heterocycles. The van der Waals surface area contributed by atoms with E-state index in [4.69, 9.17) is 0 Å². The van der Waals surface area contributed by atoms with Crippen LogP contribution in [0.5, 0.6) is 0 Å². The molecule has 2 aliphatic rings. The summed E-state index contributed by atoms with van der Waals surface area (Å²) in [6.45, 7) is 2.12. The fourth-order valence-electron chi connectivity index (χ4n) is 2.17. The van der Waals surface area contributed by atoms with Crippen LogP contribution in [0, 0.1) is 17.8 Å². The quantitative estimate of drug-likeness (QED) is 0.367. The van der Waals surface area contributed by atoms with Crippen LogP contribution in [-0.4, -0.2) is 19.5 Å². The van der Waals surface area contributed by atoms with Crippen molar-refractivity contribution in [3.05, 3.63) is 0 Å². The van der Waals surface area contributed by atoms with E-state index in [0.717, 1.165) is 19.3 Å². The predicted molar refractivity (Wildman–Crippen MR) is 50.2 cm³/mol. The summed E-state index contributed by atoms with van der Waals surface area (Å²) in [5.41, 5.74) is 0. The minimum Gasteiger partial charge on any atom is -0.393 e. The van der Waals surface area contributed by atoms with Gasteiger partial charge in [-0.15, -0.1) is 0 Å². The van der Waals surface area contributed by atoms with E-state index < -0.39 is 7.54 Å². The maximum Gasteiger partial charge on any atom is 0.762 e. The maximum absolute atomic E-state index is 11.1. The molecule has 0 bridgehead atoms. The van der Waals surface area contributed by atoms with E-state index in [1.165, 1.54) is 0 Å². The number of rotatable bonds is 0. The molecular weight excluding hydrogens is 224 g/mol. The molecule has 2 rings (SSSR count). The van der Waals surface area contributed by atoms with Crippen LogP contribution in [0.15, 0.2) is 0 Å². The number of carbonyl (C=O) groups is 2. The standard InChI is InChI=1S/C9H12O3.BF3/c1-5-2-3-6-7(4-5)9(11)12-8(6)10;2-1(3)4/h5-7H,2-4H2,1H3;. The van der Waals surface area contributed by atoms with Crippen molar-refractivity contribution >= 4 is 19.5 Å². The van der Waals surface area contributed by atoms with Gasteiger partial charge in [0.15, 0.2) is 0 Å². The van der Waals surface area contributed by atoms with E-state index >= 15 is 0 Å². The molecule has 1 saturated heterocycles. The van der Waals surface area contributed by atoms with Gasteiger partial charge < -0.3 is 4.74 Å². The normalized spacial score (nSPS) is 32.4. The van der Waals surface area contributed by atoms with Crippen molar-refractivity contribution in [1.82, 2.24) is 0 Å². The van der Waals surface area contributed by atoms with E-state index in [1.807, 2.05) is 0 Å². The summed E-state index contributed by atoms with van der Waals surface area (Å²) in [6.07, 6.45) is 2.70. The summed E-state index contributed by atoms with van der Waals surface area (Å²) in [5, 5.41) is 0. The molecule has 0 spiro atoms. The first kappa shape index (κ1) is 13.1. The first-order valence-corrected chi connectivity index (χ1v) is 5.09. The van der Waals surface area contributed by atoms with Crippen LogP contribution >= 0.6 is 0 Å². The molecule has 3 atom stereocenters. The number of hydrogen-bond donors (Lipinski definition) is 0. The van der Waals surface area contributed by atoms with Gasteiger partial charge in [-0.05, 0) is 25.2 Å². The van der Waals surface area contributed by atoms with Crippen LogP contribution in [0.1, 0.15) is 26.2 Å². The smallest absolute Gasteiger partial charge is 0.393 e. The van der Waals surface area contributed by atoms with Gasteiger partial charge in [-0.2, -0.15) is 0 Å². The van der Waals surface area contributed by atoms with Crippen LogP contribution in [-0.2, 0) is 14.3 Å². The van der Waals surface area contributed by atoms with Gasteiger partial charge in [-0.3, -0.25) is 22.5 Å². The first-order valence-electron chi connectivity index (χ1n) is 5.09. The number of esters is 2. The minimum absolute atomic E-state index is 0.117. The molecule has 2 fully saturated rings.